The molecule has 0 aliphatic carbocycles. The number of nitrogens with one attached hydrogen (secondary N) is 6. The fraction of sp³-hybridized carbons (Fsp3) is 0.412. The lowest BCUT2D eigenvalue weighted by atomic mass is 9.74. The fourth-order valence-electron chi connectivity index (χ4n) is 15.0. The first kappa shape index (κ1) is 117. The molecule has 756 valence electrons. The van der Waals surface area contributed by atoms with Gasteiger partial charge in [-0.05, 0) is 150 Å². The number of thiophene rings is 3. The lowest BCUT2D eigenvalue weighted by molar-refractivity contribution is -0.132. The van der Waals surface area contributed by atoms with Gasteiger partial charge in [0, 0.05) is 55.6 Å². The van der Waals surface area contributed by atoms with Crippen molar-refractivity contribution in [1.29, 1.82) is 0 Å². The standard InChI is InChI=1S/C17H24BNO4.2C17H22BNO4.C16H18BNO6S.2C15H19BN2O5S/c3*1-13(20)11-15-9-5-6-10-16(18(22)23-15)19-17(21)12-14-7-3-2-4-8-14;1-10(19)8-11-4-2-6-14(17(23)24-11)18-16(22)12(9-15(20)21)13-5-3-7-25-13;2*1-10(19)9-11-5-3-7-13(16(21)23-11)17-15(20)14(18-22-2)12-6-4-8-24-12/h2-4,7-8,15-16,22H,5-6,9-12H2,1H3,(H,19,21);2*2-8,15-16,22H,9-12H2,1H3,(H,19,21);2-5,7,9,11,14,23H,6,8H2,1H3,(H,18,22)(H,20,21);2*3-6,8,11,13,21H,7,9H2,1-2H3,(H,17,20)/b;2*6-5-;12-9-;18-14+;18-14-/t2*15-,16+;15-,16-;11-,14+;2*11-,13+/m110111/s1. The molecule has 6 aliphatic rings. The number of oxime groups is 2. The number of ketones is 6. The van der Waals surface area contributed by atoms with Crippen LogP contribution < -0.4 is 31.9 Å². The zero-order valence-electron chi connectivity index (χ0n) is 80.6. The van der Waals surface area contributed by atoms with Crippen molar-refractivity contribution < 1.29 is 135 Å². The molecule has 0 radical (unpaired) electrons. The summed E-state index contributed by atoms with van der Waals surface area (Å²) in [5.41, 5.74) is 3.03. The zero-order valence-corrected chi connectivity index (χ0v) is 83.0. The zero-order chi connectivity index (χ0) is 103. The number of aliphatic carboxylic acids is 1. The molecular formula is C97H124B6N8O28S3. The first-order valence-corrected chi connectivity index (χ1v) is 49.1. The highest BCUT2D eigenvalue weighted by Gasteiger charge is 2.40. The van der Waals surface area contributed by atoms with Crippen molar-refractivity contribution in [2.45, 2.75) is 242 Å². The number of carboxylic acids is 1. The Labute approximate surface area is 840 Å². The third-order valence-corrected chi connectivity index (χ3v) is 24.3. The number of hydrogen-bond donors (Lipinski definition) is 13. The molecule has 6 amide bonds. The molecule has 1 saturated heterocycles. The highest BCUT2D eigenvalue weighted by atomic mass is 32.1. The molecule has 0 unspecified atom stereocenters. The number of rotatable bonds is 33. The number of benzene rings is 3. The van der Waals surface area contributed by atoms with Gasteiger partial charge in [-0.1, -0.05) is 193 Å². The van der Waals surface area contributed by atoms with Gasteiger partial charge in [-0.25, -0.2) is 4.79 Å². The minimum absolute atomic E-state index is 0.00297. The molecule has 45 heteroatoms. The number of hydrogen-bond acceptors (Lipinski definition) is 32. The Morgan fingerprint density at radius 1 is 0.345 bits per heavy atom. The van der Waals surface area contributed by atoms with Gasteiger partial charge in [0.05, 0.1) is 101 Å². The van der Waals surface area contributed by atoms with Gasteiger partial charge in [0.1, 0.15) is 48.9 Å². The van der Waals surface area contributed by atoms with Crippen LogP contribution >= 0.6 is 34.0 Å². The van der Waals surface area contributed by atoms with Gasteiger partial charge in [0.15, 0.2) is 11.4 Å². The molecule has 12 atom stereocenters. The van der Waals surface area contributed by atoms with E-state index in [0.29, 0.717) is 72.4 Å². The first-order chi connectivity index (χ1) is 68.0. The number of Topliss-reactive ketones (excluding diaryl/α,β-unsaturated/α-hetero) is 6. The monoisotopic (exact) mass is 2010 g/mol. The van der Waals surface area contributed by atoms with E-state index in [-0.39, 0.29) is 139 Å². The second kappa shape index (κ2) is 64.1. The Morgan fingerprint density at radius 2 is 0.634 bits per heavy atom. The average Bonchev–Trinajstić information content (AvgIpc) is 1.68. The van der Waals surface area contributed by atoms with Crippen molar-refractivity contribution in [2.24, 2.45) is 10.3 Å². The fourth-order valence-corrected chi connectivity index (χ4v) is 17.1. The third-order valence-electron chi connectivity index (χ3n) is 21.7. The van der Waals surface area contributed by atoms with Crippen molar-refractivity contribution in [1.82, 2.24) is 31.9 Å². The normalized spacial score (nSPS) is 21.8. The number of carbonyl (C=O) groups excluding carboxylic acids is 12. The van der Waals surface area contributed by atoms with Crippen molar-refractivity contribution in [3.05, 3.63) is 242 Å². The highest BCUT2D eigenvalue weighted by molar-refractivity contribution is 7.13. The number of carbonyl (C=O) groups is 13. The van der Waals surface area contributed by atoms with E-state index < -0.39 is 120 Å². The molecular weight excluding hydrogens is 1890 g/mol. The summed E-state index contributed by atoms with van der Waals surface area (Å²) < 4.78 is 32.9. The minimum Gasteiger partial charge on any atom is -0.478 e. The Balaban J connectivity index is 0.000000231. The Kier molecular flexibility index (Phi) is 53.0. The van der Waals surface area contributed by atoms with Gasteiger partial charge in [-0.3, -0.25) is 57.5 Å². The van der Waals surface area contributed by atoms with Crippen molar-refractivity contribution in [3.63, 3.8) is 0 Å². The van der Waals surface area contributed by atoms with Gasteiger partial charge in [0.2, 0.25) is 17.7 Å². The van der Waals surface area contributed by atoms with Crippen LogP contribution in [0, 0.1) is 0 Å². The maximum absolute atomic E-state index is 12.5. The van der Waals surface area contributed by atoms with E-state index in [2.05, 4.69) is 42.2 Å². The maximum atomic E-state index is 12.5. The lowest BCUT2D eigenvalue weighted by Gasteiger charge is -2.28. The van der Waals surface area contributed by atoms with E-state index in [4.69, 9.17) is 42.7 Å². The van der Waals surface area contributed by atoms with Crippen molar-refractivity contribution in [3.8, 4) is 0 Å². The highest BCUT2D eigenvalue weighted by Crippen LogP contribution is 2.26. The van der Waals surface area contributed by atoms with E-state index in [9.17, 15) is 92.5 Å². The van der Waals surface area contributed by atoms with Crippen LogP contribution in [0.5, 0.6) is 0 Å². The molecule has 36 nitrogen and oxygen atoms in total. The molecule has 9 heterocycles. The molecule has 12 rings (SSSR count). The maximum Gasteiger partial charge on any atom is 0.478 e. The summed E-state index contributed by atoms with van der Waals surface area (Å²) in [7, 11) is -4.34. The van der Waals surface area contributed by atoms with Crippen molar-refractivity contribution >= 4 is 170 Å². The summed E-state index contributed by atoms with van der Waals surface area (Å²) in [6, 6.07) is 38.8. The van der Waals surface area contributed by atoms with Gasteiger partial charge < -0.3 is 105 Å². The van der Waals surface area contributed by atoms with Gasteiger partial charge in [-0.15, -0.1) is 34.0 Å². The molecule has 0 bridgehead atoms. The summed E-state index contributed by atoms with van der Waals surface area (Å²) in [5, 5.41) is 99.5. The smallest absolute Gasteiger partial charge is 0.478 e. The Morgan fingerprint density at radius 3 is 0.965 bits per heavy atom. The van der Waals surface area contributed by atoms with Crippen LogP contribution in [0.4, 0.5) is 0 Å². The van der Waals surface area contributed by atoms with Crippen LogP contribution in [0.3, 0.4) is 0 Å². The topological polar surface area (TPSA) is 534 Å². The number of amides is 6. The minimum atomic E-state index is -1.31. The van der Waals surface area contributed by atoms with Crippen LogP contribution in [0.1, 0.15) is 182 Å². The molecule has 13 N–H and O–H groups in total. The van der Waals surface area contributed by atoms with Gasteiger partial charge in [-0.2, -0.15) is 0 Å². The summed E-state index contributed by atoms with van der Waals surface area (Å²) >= 11 is 3.95. The average molecular weight is 2010 g/mol. The predicted octanol–water partition coefficient (Wildman–Crippen LogP) is 7.47. The second-order valence-corrected chi connectivity index (χ2v) is 36.9. The van der Waals surface area contributed by atoms with E-state index in [0.717, 1.165) is 42.0 Å². The van der Waals surface area contributed by atoms with Crippen LogP contribution in [0.2, 0.25) is 0 Å². The Hall–Kier alpha value is -11.6. The van der Waals surface area contributed by atoms with Gasteiger partial charge in [0.25, 0.3) is 17.7 Å². The molecule has 6 aliphatic heterocycles. The summed E-state index contributed by atoms with van der Waals surface area (Å²) in [5.74, 6) is -6.83. The molecule has 0 saturated carbocycles. The van der Waals surface area contributed by atoms with E-state index >= 15 is 0 Å². The summed E-state index contributed by atoms with van der Waals surface area (Å²) in [6.07, 6.45) is 25.0. The first-order valence-electron chi connectivity index (χ1n) is 46.5. The van der Waals surface area contributed by atoms with Crippen molar-refractivity contribution in [2.75, 3.05) is 14.2 Å². The second-order valence-electron chi connectivity index (χ2n) is 34.1. The molecule has 3 aromatic carbocycles. The lowest BCUT2D eigenvalue weighted by Crippen LogP contribution is -2.50. The molecule has 142 heavy (non-hydrogen) atoms. The van der Waals surface area contributed by atoms with Crippen LogP contribution in [0.25, 0.3) is 5.57 Å². The SMILES string of the molecule is CC(=O)C[C@@H]1C/C=C\C[C@H](NC(=O)Cc2ccccc2)B(O)O1.CC(=O)C[C@H]1C/C=C\C[C@H](NC(=O)Cc2ccccc2)B(O)O1.CC(=O)C[C@H]1C=CC[C@H](NC(=O)/C(=C\C(=O)O)c2cccs2)B(O)O1.CC(=O)C[C@H]1CCCC[C@H](NC(=O)Cc2ccccc2)B(O)O1.CO/N=C(/C(=O)N[C@H]1CC=C[C@H](CC(C)=O)OB1O)c1cccs1.CO/N=C(\C(=O)N[C@H]1CC=C[C@H](CC(C)=O)OB1O)c1cccs1. The Bertz CT molecular complexity index is 5050. The molecule has 1 fully saturated rings. The predicted molar refractivity (Wildman–Crippen MR) is 543 cm³/mol. The number of nitrogens with zero attached hydrogens (tertiary/aromatic N) is 2. The van der Waals surface area contributed by atoms with Crippen LogP contribution in [0.15, 0.2) is 221 Å². The summed E-state index contributed by atoms with van der Waals surface area (Å²) in [4.78, 5) is 163. The largest absolute Gasteiger partial charge is 0.478 e. The van der Waals surface area contributed by atoms with E-state index in [1.54, 1.807) is 78.2 Å². The quantitative estimate of drug-likeness (QED) is 0.00624. The van der Waals surface area contributed by atoms with Gasteiger partial charge >= 0.3 is 48.7 Å². The van der Waals surface area contributed by atoms with E-state index in [1.165, 1.54) is 89.8 Å². The third kappa shape index (κ3) is 45.3. The molecule has 0 spiro atoms. The van der Waals surface area contributed by atoms with E-state index in [1.807, 2.05) is 126 Å². The molecule has 3 aromatic heterocycles. The van der Waals surface area contributed by atoms with Crippen LogP contribution in [-0.2, 0) is 119 Å². The summed E-state index contributed by atoms with van der Waals surface area (Å²) in [6.45, 7) is 8.87. The van der Waals surface area contributed by atoms with Crippen LogP contribution in [-0.4, -0.2) is 252 Å². The number of carboxylic acid groups (broad SMARTS) is 1. The molecule has 6 aromatic rings.